The quantitative estimate of drug-likeness (QED) is 0.781. The summed E-state index contributed by atoms with van der Waals surface area (Å²) in [5.41, 5.74) is 1.48. The molecule has 2 atom stereocenters. The van der Waals surface area contributed by atoms with Crippen molar-refractivity contribution in [3.05, 3.63) is 53.7 Å². The van der Waals surface area contributed by atoms with Crippen molar-refractivity contribution in [2.75, 3.05) is 0 Å². The van der Waals surface area contributed by atoms with Crippen molar-refractivity contribution in [3.63, 3.8) is 0 Å². The molecule has 2 aromatic rings. The number of nitrogens with zero attached hydrogens (tertiary/aromatic N) is 2. The van der Waals surface area contributed by atoms with Crippen molar-refractivity contribution in [1.82, 2.24) is 15.5 Å². The minimum Gasteiger partial charge on any atom is -0.438 e. The molecule has 5 nitrogen and oxygen atoms in total. The van der Waals surface area contributed by atoms with Crippen LogP contribution in [0, 0.1) is 17.8 Å². The van der Waals surface area contributed by atoms with Gasteiger partial charge >= 0.3 is 0 Å². The number of aromatic nitrogens is 2. The highest BCUT2D eigenvalue weighted by Crippen LogP contribution is 2.55. The molecule has 4 aliphatic carbocycles. The van der Waals surface area contributed by atoms with E-state index in [-0.39, 0.29) is 0 Å². The van der Waals surface area contributed by atoms with Crippen LogP contribution in [-0.4, -0.2) is 26.9 Å². The Balaban J connectivity index is 1.29. The Morgan fingerprint density at radius 1 is 1.14 bits per heavy atom. The van der Waals surface area contributed by atoms with Gasteiger partial charge in [-0.15, -0.1) is 10.2 Å². The molecule has 6 rings (SSSR count). The minimum absolute atomic E-state index is 0.332. The normalized spacial score (nSPS) is 32.9. The van der Waals surface area contributed by atoms with E-state index in [2.05, 4.69) is 22.1 Å². The number of benzene rings is 1. The molecule has 0 aliphatic heterocycles. The van der Waals surface area contributed by atoms with E-state index in [0.29, 0.717) is 40.6 Å². The fraction of sp³-hybridized carbons (Fsp3) is 0.455. The molecule has 1 heterocycles. The van der Waals surface area contributed by atoms with Gasteiger partial charge in [0.1, 0.15) is 5.75 Å². The molecule has 6 heteroatoms. The molecular formula is C22H24ClN3O2. The van der Waals surface area contributed by atoms with E-state index in [1.807, 2.05) is 24.3 Å². The van der Waals surface area contributed by atoms with Crippen LogP contribution in [0.1, 0.15) is 37.7 Å². The lowest BCUT2D eigenvalue weighted by Gasteiger charge is -2.58. The summed E-state index contributed by atoms with van der Waals surface area (Å²) < 4.78 is 5.79. The molecule has 4 bridgehead atoms. The smallest absolute Gasteiger partial charge is 0.238 e. The third kappa shape index (κ3) is 3.38. The van der Waals surface area contributed by atoms with Gasteiger partial charge in [0.25, 0.3) is 0 Å². The second-order valence-corrected chi connectivity index (χ2v) is 9.05. The van der Waals surface area contributed by atoms with E-state index in [4.69, 9.17) is 16.3 Å². The van der Waals surface area contributed by atoms with Gasteiger partial charge < -0.3 is 15.2 Å². The monoisotopic (exact) mass is 397 g/mol. The van der Waals surface area contributed by atoms with Crippen molar-refractivity contribution < 1.29 is 9.84 Å². The van der Waals surface area contributed by atoms with Gasteiger partial charge in [0.2, 0.25) is 5.88 Å². The number of hydrogen-bond donors (Lipinski definition) is 2. The predicted molar refractivity (Wildman–Crippen MR) is 108 cm³/mol. The zero-order valence-corrected chi connectivity index (χ0v) is 16.4. The van der Waals surface area contributed by atoms with Crippen molar-refractivity contribution in [2.24, 2.45) is 17.8 Å². The molecular weight excluding hydrogens is 374 g/mol. The van der Waals surface area contributed by atoms with Gasteiger partial charge in [-0.25, -0.2) is 0 Å². The van der Waals surface area contributed by atoms with E-state index in [1.54, 1.807) is 12.1 Å². The number of aliphatic hydroxyl groups is 1. The maximum atomic E-state index is 10.8. The van der Waals surface area contributed by atoms with Gasteiger partial charge in [0.05, 0.1) is 5.60 Å². The summed E-state index contributed by atoms with van der Waals surface area (Å²) >= 11 is 5.77. The van der Waals surface area contributed by atoms with E-state index < -0.39 is 5.60 Å². The highest BCUT2D eigenvalue weighted by molar-refractivity contribution is 6.29. The van der Waals surface area contributed by atoms with Crippen molar-refractivity contribution >= 4 is 17.3 Å². The molecule has 2 N–H and O–H groups in total. The Labute approximate surface area is 169 Å². The van der Waals surface area contributed by atoms with Crippen LogP contribution in [0.25, 0.3) is 5.70 Å². The zero-order valence-electron chi connectivity index (χ0n) is 15.6. The van der Waals surface area contributed by atoms with Crippen molar-refractivity contribution in [2.45, 2.75) is 43.7 Å². The van der Waals surface area contributed by atoms with Gasteiger partial charge in [-0.3, -0.25) is 0 Å². The van der Waals surface area contributed by atoms with Crippen LogP contribution in [0.4, 0.5) is 0 Å². The fourth-order valence-corrected chi connectivity index (χ4v) is 5.83. The van der Waals surface area contributed by atoms with Crippen LogP contribution in [0.5, 0.6) is 11.6 Å². The van der Waals surface area contributed by atoms with E-state index in [9.17, 15) is 5.11 Å². The van der Waals surface area contributed by atoms with Gasteiger partial charge in [-0.05, 0) is 68.1 Å². The molecule has 1 aromatic heterocycles. The topological polar surface area (TPSA) is 67.3 Å². The second-order valence-electron chi connectivity index (χ2n) is 8.67. The molecule has 4 fully saturated rings. The molecule has 28 heavy (non-hydrogen) atoms. The maximum Gasteiger partial charge on any atom is 0.238 e. The summed E-state index contributed by atoms with van der Waals surface area (Å²) in [4.78, 5) is 0. The summed E-state index contributed by atoms with van der Waals surface area (Å²) in [6, 6.07) is 11.5. The minimum atomic E-state index is -0.413. The third-order valence-electron chi connectivity index (χ3n) is 6.59. The van der Waals surface area contributed by atoms with Gasteiger partial charge in [0.15, 0.2) is 5.15 Å². The molecule has 0 radical (unpaired) electrons. The van der Waals surface area contributed by atoms with Crippen molar-refractivity contribution in [1.29, 1.82) is 0 Å². The van der Waals surface area contributed by atoms with Crippen LogP contribution in [0.3, 0.4) is 0 Å². The largest absolute Gasteiger partial charge is 0.438 e. The molecule has 1 aromatic carbocycles. The summed E-state index contributed by atoms with van der Waals surface area (Å²) in [7, 11) is 0. The summed E-state index contributed by atoms with van der Waals surface area (Å²) in [5, 5.41) is 22.5. The van der Waals surface area contributed by atoms with Crippen LogP contribution < -0.4 is 10.1 Å². The molecule has 4 saturated carbocycles. The first-order valence-electron chi connectivity index (χ1n) is 9.93. The average Bonchev–Trinajstić information content (AvgIpc) is 2.65. The lowest BCUT2D eigenvalue weighted by Crippen LogP contribution is -2.60. The number of rotatable bonds is 5. The SMILES string of the molecule is C=C(NC1C2CC3CC1CC(O)(C3)C2)c1cccc(Oc2ccc(Cl)nn2)c1. The lowest BCUT2D eigenvalue weighted by atomic mass is 9.52. The first-order chi connectivity index (χ1) is 13.5. The highest BCUT2D eigenvalue weighted by Gasteiger charge is 2.54. The average molecular weight is 398 g/mol. The Bertz CT molecular complexity index is 885. The molecule has 146 valence electrons. The van der Waals surface area contributed by atoms with Crippen molar-refractivity contribution in [3.8, 4) is 11.6 Å². The summed E-state index contributed by atoms with van der Waals surface area (Å²) in [5.74, 6) is 2.85. The van der Waals surface area contributed by atoms with Crippen LogP contribution in [-0.2, 0) is 0 Å². The molecule has 0 saturated heterocycles. The number of hydrogen-bond acceptors (Lipinski definition) is 5. The van der Waals surface area contributed by atoms with E-state index in [0.717, 1.165) is 30.5 Å². The molecule has 2 unspecified atom stereocenters. The summed E-state index contributed by atoms with van der Waals surface area (Å²) in [6.45, 7) is 4.28. The molecule has 4 aliphatic rings. The van der Waals surface area contributed by atoms with Gasteiger partial charge in [-0.1, -0.05) is 30.3 Å². The maximum absolute atomic E-state index is 10.8. The predicted octanol–water partition coefficient (Wildman–Crippen LogP) is 4.42. The van der Waals surface area contributed by atoms with E-state index in [1.165, 1.54) is 12.8 Å². The molecule has 0 spiro atoms. The van der Waals surface area contributed by atoms with E-state index >= 15 is 0 Å². The van der Waals surface area contributed by atoms with Gasteiger partial charge in [-0.2, -0.15) is 0 Å². The third-order valence-corrected chi connectivity index (χ3v) is 6.80. The first kappa shape index (κ1) is 18.0. The number of halogens is 1. The van der Waals surface area contributed by atoms with Crippen LogP contribution in [0.2, 0.25) is 5.15 Å². The first-order valence-corrected chi connectivity index (χ1v) is 10.3. The standard InChI is InChI=1S/C22H24ClN3O2/c1-13(24-21-16-7-14-8-17(21)12-22(27,10-14)11-16)15-3-2-4-18(9-15)28-20-6-5-19(23)25-26-20/h2-6,9,14,16-17,21,24,27H,1,7-8,10-12H2. The number of nitrogens with one attached hydrogen (secondary N) is 1. The Kier molecular flexibility index (Phi) is 4.33. The molecule has 0 amide bonds. The zero-order chi connectivity index (χ0) is 19.3. The second kappa shape index (κ2) is 6.75. The number of ether oxygens (including phenoxy) is 1. The Morgan fingerprint density at radius 3 is 2.61 bits per heavy atom. The fourth-order valence-electron chi connectivity index (χ4n) is 5.73. The Morgan fingerprint density at radius 2 is 1.93 bits per heavy atom. The van der Waals surface area contributed by atoms with Crippen LogP contribution in [0.15, 0.2) is 43.0 Å². The highest BCUT2D eigenvalue weighted by atomic mass is 35.5. The van der Waals surface area contributed by atoms with Gasteiger partial charge in [0, 0.05) is 23.4 Å². The van der Waals surface area contributed by atoms with Crippen LogP contribution >= 0.6 is 11.6 Å². The lowest BCUT2D eigenvalue weighted by molar-refractivity contribution is -0.136. The summed E-state index contributed by atoms with van der Waals surface area (Å²) in [6.07, 6.45) is 5.29. The Hall–Kier alpha value is -2.11.